The van der Waals surface area contributed by atoms with Gasteiger partial charge in [0.05, 0.1) is 15.9 Å². The average Bonchev–Trinajstić information content (AvgIpc) is 3.10. The molecule has 1 saturated carbocycles. The SMILES string of the molecule is COC1CCC(Nc2ccc(S(=O)(=O)N3CCCCC3)cc2[N+](=O)[O-])C1. The maximum absolute atomic E-state index is 12.8. The molecule has 1 aromatic carbocycles. The summed E-state index contributed by atoms with van der Waals surface area (Å²) in [6.45, 7) is 0.938. The van der Waals surface area contributed by atoms with E-state index in [2.05, 4.69) is 5.32 Å². The van der Waals surface area contributed by atoms with Crippen LogP contribution in [0.4, 0.5) is 11.4 Å². The minimum absolute atomic E-state index is 0.0159. The number of benzene rings is 1. The number of nitrogens with zero attached hydrogens (tertiary/aromatic N) is 2. The van der Waals surface area contributed by atoms with E-state index in [1.165, 1.54) is 22.5 Å². The number of anilines is 1. The second kappa shape index (κ2) is 7.89. The van der Waals surface area contributed by atoms with Crippen LogP contribution in [0.3, 0.4) is 0 Å². The van der Waals surface area contributed by atoms with Crippen LogP contribution in [0.15, 0.2) is 23.1 Å². The fourth-order valence-electron chi connectivity index (χ4n) is 3.70. The molecule has 3 rings (SSSR count). The molecule has 2 aliphatic rings. The van der Waals surface area contributed by atoms with Crippen molar-refractivity contribution in [3.63, 3.8) is 0 Å². The van der Waals surface area contributed by atoms with Gasteiger partial charge < -0.3 is 10.1 Å². The van der Waals surface area contributed by atoms with Gasteiger partial charge in [0.1, 0.15) is 5.69 Å². The van der Waals surface area contributed by atoms with Crippen LogP contribution in [-0.2, 0) is 14.8 Å². The molecule has 0 spiro atoms. The summed E-state index contributed by atoms with van der Waals surface area (Å²) < 4.78 is 32.3. The van der Waals surface area contributed by atoms with Crippen molar-refractivity contribution in [1.82, 2.24) is 4.31 Å². The molecule has 144 valence electrons. The molecule has 0 aromatic heterocycles. The Bertz CT molecular complexity index is 762. The molecule has 8 nitrogen and oxygen atoms in total. The first-order valence-corrected chi connectivity index (χ1v) is 10.4. The first-order chi connectivity index (χ1) is 12.4. The first-order valence-electron chi connectivity index (χ1n) is 8.99. The van der Waals surface area contributed by atoms with E-state index in [0.29, 0.717) is 18.8 Å². The number of nitro groups is 1. The van der Waals surface area contributed by atoms with Crippen molar-refractivity contribution in [2.45, 2.75) is 55.6 Å². The quantitative estimate of drug-likeness (QED) is 0.599. The summed E-state index contributed by atoms with van der Waals surface area (Å²) in [4.78, 5) is 11.0. The number of nitrogens with one attached hydrogen (secondary N) is 1. The summed E-state index contributed by atoms with van der Waals surface area (Å²) in [6.07, 6.45) is 5.37. The monoisotopic (exact) mass is 383 g/mol. The molecule has 2 atom stereocenters. The summed E-state index contributed by atoms with van der Waals surface area (Å²) in [6, 6.07) is 4.23. The Morgan fingerprint density at radius 1 is 1.23 bits per heavy atom. The van der Waals surface area contributed by atoms with Gasteiger partial charge >= 0.3 is 0 Å². The summed E-state index contributed by atoms with van der Waals surface area (Å²) in [7, 11) is -2.03. The molecule has 9 heteroatoms. The zero-order chi connectivity index (χ0) is 18.7. The zero-order valence-corrected chi connectivity index (χ0v) is 15.7. The Hall–Kier alpha value is -1.71. The maximum atomic E-state index is 12.8. The highest BCUT2D eigenvalue weighted by Gasteiger charge is 2.30. The highest BCUT2D eigenvalue weighted by atomic mass is 32.2. The number of piperidine rings is 1. The first kappa shape index (κ1) is 19.1. The molecule has 0 bridgehead atoms. The predicted molar refractivity (Wildman–Crippen MR) is 97.8 cm³/mol. The Morgan fingerprint density at radius 3 is 2.58 bits per heavy atom. The summed E-state index contributed by atoms with van der Waals surface area (Å²) >= 11 is 0. The molecule has 26 heavy (non-hydrogen) atoms. The van der Waals surface area contributed by atoms with Gasteiger partial charge in [0.2, 0.25) is 10.0 Å². The van der Waals surface area contributed by atoms with Crippen LogP contribution in [0.5, 0.6) is 0 Å². The molecular weight excluding hydrogens is 358 g/mol. The smallest absolute Gasteiger partial charge is 0.293 e. The van der Waals surface area contributed by atoms with E-state index in [4.69, 9.17) is 4.74 Å². The van der Waals surface area contributed by atoms with Crippen molar-refractivity contribution in [2.75, 3.05) is 25.5 Å². The maximum Gasteiger partial charge on any atom is 0.293 e. The minimum Gasteiger partial charge on any atom is -0.381 e. The van der Waals surface area contributed by atoms with Crippen molar-refractivity contribution < 1.29 is 18.1 Å². The standard InChI is InChI=1S/C17H25N3O5S/c1-25-14-6-5-13(11-14)18-16-8-7-15(12-17(16)20(21)22)26(23,24)19-9-3-2-4-10-19/h7-8,12-14,18H,2-6,9-11H2,1H3. The van der Waals surface area contributed by atoms with Gasteiger partial charge in [-0.2, -0.15) is 4.31 Å². The second-order valence-corrected chi connectivity index (χ2v) is 8.85. The van der Waals surface area contributed by atoms with E-state index in [9.17, 15) is 18.5 Å². The predicted octanol–water partition coefficient (Wildman–Crippen LogP) is 2.75. The normalized spacial score (nSPS) is 24.5. The summed E-state index contributed by atoms with van der Waals surface area (Å²) in [5.41, 5.74) is 0.151. The summed E-state index contributed by atoms with van der Waals surface area (Å²) in [5.74, 6) is 0. The number of sulfonamides is 1. The molecule has 1 saturated heterocycles. The number of rotatable bonds is 6. The molecule has 0 radical (unpaired) electrons. The van der Waals surface area contributed by atoms with Gasteiger partial charge in [0, 0.05) is 32.3 Å². The lowest BCUT2D eigenvalue weighted by atomic mass is 10.2. The fraction of sp³-hybridized carbons (Fsp3) is 0.647. The van der Waals surface area contributed by atoms with E-state index in [1.54, 1.807) is 7.11 Å². The van der Waals surface area contributed by atoms with E-state index >= 15 is 0 Å². The number of hydrogen-bond acceptors (Lipinski definition) is 6. The van der Waals surface area contributed by atoms with E-state index in [1.807, 2.05) is 0 Å². The number of ether oxygens (including phenoxy) is 1. The van der Waals surface area contributed by atoms with Gasteiger partial charge in [-0.1, -0.05) is 6.42 Å². The number of nitro benzene ring substituents is 1. The van der Waals surface area contributed by atoms with E-state index in [0.717, 1.165) is 38.5 Å². The minimum atomic E-state index is -3.69. The van der Waals surface area contributed by atoms with Crippen molar-refractivity contribution >= 4 is 21.4 Å². The van der Waals surface area contributed by atoms with Crippen LogP contribution in [-0.4, -0.2) is 50.0 Å². The van der Waals surface area contributed by atoms with Gasteiger partial charge in [-0.05, 0) is 44.2 Å². The van der Waals surface area contributed by atoms with Crippen molar-refractivity contribution in [3.8, 4) is 0 Å². The molecule has 2 unspecified atom stereocenters. The number of methoxy groups -OCH3 is 1. The van der Waals surface area contributed by atoms with Crippen LogP contribution in [0.1, 0.15) is 38.5 Å². The third kappa shape index (κ3) is 3.99. The largest absolute Gasteiger partial charge is 0.381 e. The Kier molecular flexibility index (Phi) is 5.79. The topological polar surface area (TPSA) is 102 Å². The third-order valence-corrected chi connectivity index (χ3v) is 7.09. The third-order valence-electron chi connectivity index (χ3n) is 5.20. The lowest BCUT2D eigenvalue weighted by molar-refractivity contribution is -0.384. The molecule has 2 fully saturated rings. The highest BCUT2D eigenvalue weighted by Crippen LogP contribution is 2.33. The zero-order valence-electron chi connectivity index (χ0n) is 14.9. The molecule has 1 aromatic rings. The van der Waals surface area contributed by atoms with Crippen molar-refractivity contribution in [3.05, 3.63) is 28.3 Å². The van der Waals surface area contributed by atoms with Gasteiger partial charge in [0.25, 0.3) is 5.69 Å². The van der Waals surface area contributed by atoms with E-state index < -0.39 is 14.9 Å². The van der Waals surface area contributed by atoms with Gasteiger partial charge in [-0.3, -0.25) is 10.1 Å². The van der Waals surface area contributed by atoms with Crippen LogP contribution in [0.25, 0.3) is 0 Å². The number of hydrogen-bond donors (Lipinski definition) is 1. The average molecular weight is 383 g/mol. The highest BCUT2D eigenvalue weighted by molar-refractivity contribution is 7.89. The van der Waals surface area contributed by atoms with Crippen molar-refractivity contribution in [1.29, 1.82) is 0 Å². The van der Waals surface area contributed by atoms with Crippen molar-refractivity contribution in [2.24, 2.45) is 0 Å². The molecular formula is C17H25N3O5S. The molecule has 1 aliphatic heterocycles. The van der Waals surface area contributed by atoms with Crippen LogP contribution in [0, 0.1) is 10.1 Å². The molecule has 1 N–H and O–H groups in total. The molecule has 0 amide bonds. The fourth-order valence-corrected chi connectivity index (χ4v) is 5.24. The second-order valence-electron chi connectivity index (χ2n) is 6.91. The summed E-state index contributed by atoms with van der Waals surface area (Å²) in [5, 5.41) is 14.7. The van der Waals surface area contributed by atoms with Crippen LogP contribution < -0.4 is 5.32 Å². The lowest BCUT2D eigenvalue weighted by Crippen LogP contribution is -2.35. The Balaban J connectivity index is 1.83. The van der Waals surface area contributed by atoms with Gasteiger partial charge in [-0.25, -0.2) is 8.42 Å². The van der Waals surface area contributed by atoms with Crippen LogP contribution in [0.2, 0.25) is 0 Å². The molecule has 1 heterocycles. The van der Waals surface area contributed by atoms with Crippen LogP contribution >= 0.6 is 0 Å². The van der Waals surface area contributed by atoms with Gasteiger partial charge in [0.15, 0.2) is 0 Å². The molecule has 1 aliphatic carbocycles. The lowest BCUT2D eigenvalue weighted by Gasteiger charge is -2.26. The Labute approximate surface area is 153 Å². The van der Waals surface area contributed by atoms with E-state index in [-0.39, 0.29) is 22.7 Å². The Morgan fingerprint density at radius 2 is 1.96 bits per heavy atom. The van der Waals surface area contributed by atoms with Gasteiger partial charge in [-0.15, -0.1) is 0 Å².